The van der Waals surface area contributed by atoms with E-state index in [1.54, 1.807) is 0 Å². The maximum absolute atomic E-state index is 8.71. The Morgan fingerprint density at radius 3 is 2.57 bits per heavy atom. The fourth-order valence-corrected chi connectivity index (χ4v) is 2.48. The lowest BCUT2D eigenvalue weighted by Crippen LogP contribution is -2.45. The van der Waals surface area contributed by atoms with Crippen molar-refractivity contribution < 1.29 is 5.11 Å². The van der Waals surface area contributed by atoms with Gasteiger partial charge in [-0.3, -0.25) is 0 Å². The number of aliphatic hydroxyl groups is 1. The lowest BCUT2D eigenvalue weighted by atomic mass is 9.76. The van der Waals surface area contributed by atoms with Crippen molar-refractivity contribution >= 4 is 0 Å². The first-order valence-electron chi connectivity index (χ1n) is 6.10. The van der Waals surface area contributed by atoms with E-state index in [9.17, 15) is 0 Å². The maximum atomic E-state index is 8.71. The van der Waals surface area contributed by atoms with Crippen LogP contribution in [0, 0.1) is 5.92 Å². The molecular formula is C12H25NO. The molecule has 0 aromatic carbocycles. The van der Waals surface area contributed by atoms with E-state index in [1.165, 1.54) is 25.7 Å². The number of hydrogen-bond acceptors (Lipinski definition) is 2. The zero-order chi connectivity index (χ0) is 10.4. The van der Waals surface area contributed by atoms with Crippen LogP contribution in [0.25, 0.3) is 0 Å². The molecule has 1 saturated carbocycles. The lowest BCUT2D eigenvalue weighted by molar-refractivity contribution is 0.0755. The fraction of sp³-hybridized carbons (Fsp3) is 1.00. The van der Waals surface area contributed by atoms with Crippen LogP contribution in [0.15, 0.2) is 0 Å². The van der Waals surface area contributed by atoms with E-state index in [0.717, 1.165) is 31.3 Å². The highest BCUT2D eigenvalue weighted by Crippen LogP contribution is 2.34. The molecule has 0 saturated heterocycles. The second kappa shape index (κ2) is 6.41. The molecule has 1 fully saturated rings. The summed E-state index contributed by atoms with van der Waals surface area (Å²) in [6, 6.07) is 0.841. The maximum Gasteiger partial charge on any atom is 0.0431 e. The average molecular weight is 199 g/mol. The van der Waals surface area contributed by atoms with Gasteiger partial charge in [-0.2, -0.15) is 0 Å². The summed E-state index contributed by atoms with van der Waals surface area (Å²) in [6.07, 6.45) is 7.64. The Bertz CT molecular complexity index is 149. The average Bonchev–Trinajstić information content (AvgIpc) is 2.13. The van der Waals surface area contributed by atoms with Gasteiger partial charge >= 0.3 is 0 Å². The highest BCUT2D eigenvalue weighted by atomic mass is 16.2. The summed E-state index contributed by atoms with van der Waals surface area (Å²) in [7, 11) is 2.24. The molecule has 14 heavy (non-hydrogen) atoms. The van der Waals surface area contributed by atoms with Gasteiger partial charge in [0.25, 0.3) is 0 Å². The van der Waals surface area contributed by atoms with E-state index in [1.807, 2.05) is 0 Å². The fourth-order valence-electron chi connectivity index (χ4n) is 2.48. The van der Waals surface area contributed by atoms with E-state index in [-0.39, 0.29) is 0 Å². The van der Waals surface area contributed by atoms with Gasteiger partial charge in [-0.25, -0.2) is 0 Å². The van der Waals surface area contributed by atoms with Gasteiger partial charge in [0, 0.05) is 12.6 Å². The molecule has 1 aliphatic carbocycles. The number of aliphatic hydroxyl groups excluding tert-OH is 1. The summed E-state index contributed by atoms with van der Waals surface area (Å²) in [4.78, 5) is 2.50. The largest absolute Gasteiger partial charge is 0.396 e. The number of unbranched alkanes of at least 4 members (excludes halogenated alkanes) is 1. The Balaban J connectivity index is 2.13. The van der Waals surface area contributed by atoms with Crippen LogP contribution in [-0.2, 0) is 0 Å². The van der Waals surface area contributed by atoms with Crippen LogP contribution in [0.2, 0.25) is 0 Å². The van der Waals surface area contributed by atoms with Crippen molar-refractivity contribution in [3.8, 4) is 0 Å². The van der Waals surface area contributed by atoms with Crippen LogP contribution in [0.1, 0.15) is 45.4 Å². The van der Waals surface area contributed by atoms with Crippen LogP contribution >= 0.6 is 0 Å². The first-order valence-corrected chi connectivity index (χ1v) is 6.10. The third-order valence-corrected chi connectivity index (χ3v) is 3.52. The zero-order valence-electron chi connectivity index (χ0n) is 9.71. The minimum absolute atomic E-state index is 0.344. The highest BCUT2D eigenvalue weighted by Gasteiger charge is 2.32. The third-order valence-electron chi connectivity index (χ3n) is 3.52. The van der Waals surface area contributed by atoms with Crippen molar-refractivity contribution in [3.05, 3.63) is 0 Å². The molecule has 0 aromatic heterocycles. The topological polar surface area (TPSA) is 23.5 Å². The van der Waals surface area contributed by atoms with Gasteiger partial charge in [-0.1, -0.05) is 13.3 Å². The second-order valence-corrected chi connectivity index (χ2v) is 4.60. The summed E-state index contributed by atoms with van der Waals surface area (Å²) in [5, 5.41) is 8.71. The number of rotatable bonds is 7. The Morgan fingerprint density at radius 1 is 1.29 bits per heavy atom. The molecule has 0 aliphatic heterocycles. The molecule has 0 amide bonds. The molecule has 0 heterocycles. The van der Waals surface area contributed by atoms with Crippen LogP contribution in [-0.4, -0.2) is 36.2 Å². The lowest BCUT2D eigenvalue weighted by Gasteiger charge is -2.43. The minimum atomic E-state index is 0.344. The minimum Gasteiger partial charge on any atom is -0.396 e. The molecule has 84 valence electrons. The quantitative estimate of drug-likeness (QED) is 0.636. The Kier molecular flexibility index (Phi) is 5.49. The monoisotopic (exact) mass is 199 g/mol. The van der Waals surface area contributed by atoms with E-state index < -0.39 is 0 Å². The molecule has 2 atom stereocenters. The van der Waals surface area contributed by atoms with Crippen LogP contribution < -0.4 is 0 Å². The zero-order valence-corrected chi connectivity index (χ0v) is 9.71. The van der Waals surface area contributed by atoms with Crippen molar-refractivity contribution in [1.82, 2.24) is 4.90 Å². The first-order chi connectivity index (χ1) is 6.79. The van der Waals surface area contributed by atoms with Gasteiger partial charge in [-0.05, 0) is 51.6 Å². The predicted molar refractivity (Wildman–Crippen MR) is 60.4 cm³/mol. The summed E-state index contributed by atoms with van der Waals surface area (Å²) in [6.45, 7) is 3.78. The Hall–Kier alpha value is -0.0800. The van der Waals surface area contributed by atoms with E-state index in [2.05, 4.69) is 18.9 Å². The van der Waals surface area contributed by atoms with Crippen LogP contribution in [0.3, 0.4) is 0 Å². The van der Waals surface area contributed by atoms with Gasteiger partial charge in [0.05, 0.1) is 0 Å². The molecule has 0 aromatic rings. The molecular weight excluding hydrogens is 174 g/mol. The Labute approximate surface area is 88.3 Å². The van der Waals surface area contributed by atoms with Crippen LogP contribution in [0.4, 0.5) is 0 Å². The smallest absolute Gasteiger partial charge is 0.0431 e. The molecule has 1 N–H and O–H groups in total. The van der Waals surface area contributed by atoms with Gasteiger partial charge in [0.2, 0.25) is 0 Å². The summed E-state index contributed by atoms with van der Waals surface area (Å²) in [5.41, 5.74) is 0. The molecule has 1 aliphatic rings. The van der Waals surface area contributed by atoms with Crippen molar-refractivity contribution in [2.45, 2.75) is 51.5 Å². The molecule has 0 bridgehead atoms. The first kappa shape index (κ1) is 12.0. The van der Waals surface area contributed by atoms with Crippen molar-refractivity contribution in [2.24, 2.45) is 5.92 Å². The SMILES string of the molecule is CCCC1CCC1N(C)CCCCO. The predicted octanol–water partition coefficient (Wildman–Crippen LogP) is 2.27. The third kappa shape index (κ3) is 3.25. The summed E-state index contributed by atoms with van der Waals surface area (Å²) >= 11 is 0. The Morgan fingerprint density at radius 2 is 2.07 bits per heavy atom. The van der Waals surface area contributed by atoms with Crippen LogP contribution in [0.5, 0.6) is 0 Å². The molecule has 1 rings (SSSR count). The summed E-state index contributed by atoms with van der Waals surface area (Å²) < 4.78 is 0. The van der Waals surface area contributed by atoms with E-state index >= 15 is 0 Å². The van der Waals surface area contributed by atoms with E-state index in [4.69, 9.17) is 5.11 Å². The standard InChI is InChI=1S/C12H25NO/c1-3-6-11-7-8-12(11)13(2)9-4-5-10-14/h11-12,14H,3-10H2,1-2H3. The van der Waals surface area contributed by atoms with Crippen molar-refractivity contribution in [3.63, 3.8) is 0 Å². The van der Waals surface area contributed by atoms with E-state index in [0.29, 0.717) is 6.61 Å². The van der Waals surface area contributed by atoms with Gasteiger partial charge in [0.15, 0.2) is 0 Å². The van der Waals surface area contributed by atoms with Crippen molar-refractivity contribution in [2.75, 3.05) is 20.2 Å². The molecule has 2 heteroatoms. The normalized spacial score (nSPS) is 26.6. The molecule has 2 unspecified atom stereocenters. The number of hydrogen-bond donors (Lipinski definition) is 1. The second-order valence-electron chi connectivity index (χ2n) is 4.60. The van der Waals surface area contributed by atoms with Gasteiger partial charge in [-0.15, -0.1) is 0 Å². The molecule has 0 spiro atoms. The molecule has 0 radical (unpaired) electrons. The summed E-state index contributed by atoms with van der Waals surface area (Å²) in [5.74, 6) is 0.958. The number of nitrogens with zero attached hydrogens (tertiary/aromatic N) is 1. The van der Waals surface area contributed by atoms with Crippen molar-refractivity contribution in [1.29, 1.82) is 0 Å². The van der Waals surface area contributed by atoms with Gasteiger partial charge < -0.3 is 10.0 Å². The molecule has 2 nitrogen and oxygen atoms in total. The highest BCUT2D eigenvalue weighted by molar-refractivity contribution is 4.87. The van der Waals surface area contributed by atoms with Gasteiger partial charge in [0.1, 0.15) is 0 Å².